The molecule has 0 aliphatic carbocycles. The third-order valence-corrected chi connectivity index (χ3v) is 2.52. The third kappa shape index (κ3) is 2.55. The number of carbonyl (C=O) groups is 1. The van der Waals surface area contributed by atoms with Crippen LogP contribution in [0.3, 0.4) is 0 Å². The van der Waals surface area contributed by atoms with Crippen molar-refractivity contribution in [1.82, 2.24) is 9.54 Å². The summed E-state index contributed by atoms with van der Waals surface area (Å²) in [5.74, 6) is 1.93. The van der Waals surface area contributed by atoms with E-state index < -0.39 is 0 Å². The summed E-state index contributed by atoms with van der Waals surface area (Å²) in [4.78, 5) is 11.3. The average molecular weight is 214 g/mol. The summed E-state index contributed by atoms with van der Waals surface area (Å²) >= 11 is 0. The van der Waals surface area contributed by atoms with Crippen LogP contribution in [0.2, 0.25) is 0 Å². The Balaban J connectivity index is 2.83. The Bertz CT molecular complexity index is 328. The van der Waals surface area contributed by atoms with Gasteiger partial charge in [-0.15, -0.1) is 4.44 Å². The SMILES string of the molecule is CCOC(=O)n1nc(C(C)(C)C)cp1. The maximum absolute atomic E-state index is 11.3. The highest BCUT2D eigenvalue weighted by molar-refractivity contribution is 7.25. The first-order chi connectivity index (χ1) is 6.45. The lowest BCUT2D eigenvalue weighted by Crippen LogP contribution is -2.16. The molecule has 0 radical (unpaired) electrons. The number of nitrogens with zero attached hydrogens (tertiary/aromatic N) is 2. The predicted octanol–water partition coefficient (Wildman–Crippen LogP) is 2.77. The molecule has 0 bridgehead atoms. The van der Waals surface area contributed by atoms with Gasteiger partial charge in [-0.3, -0.25) is 0 Å². The summed E-state index contributed by atoms with van der Waals surface area (Å²) in [6, 6.07) is 0. The summed E-state index contributed by atoms with van der Waals surface area (Å²) in [6.07, 6.45) is -0.385. The summed E-state index contributed by atoms with van der Waals surface area (Å²) in [6.45, 7) is 8.35. The molecule has 4 nitrogen and oxygen atoms in total. The van der Waals surface area contributed by atoms with E-state index >= 15 is 0 Å². The first kappa shape index (κ1) is 11.2. The van der Waals surface area contributed by atoms with Crippen LogP contribution in [0, 0.1) is 0 Å². The number of rotatable bonds is 1. The summed E-state index contributed by atoms with van der Waals surface area (Å²) < 4.78 is 6.16. The van der Waals surface area contributed by atoms with Crippen molar-refractivity contribution in [3.63, 3.8) is 0 Å². The fourth-order valence-electron chi connectivity index (χ4n) is 0.876. The quantitative estimate of drug-likeness (QED) is 0.722. The molecule has 1 heterocycles. The average Bonchev–Trinajstić information content (AvgIpc) is 2.51. The molecule has 0 amide bonds. The first-order valence-corrected chi connectivity index (χ1v) is 5.46. The Morgan fingerprint density at radius 1 is 1.64 bits per heavy atom. The van der Waals surface area contributed by atoms with E-state index in [1.165, 1.54) is 4.44 Å². The standard InChI is InChI=1S/C9H15N2O2P/c1-5-13-8(12)11-10-7(6-14-11)9(2,3)4/h6H,5H2,1-4H3. The van der Waals surface area contributed by atoms with E-state index in [1.807, 2.05) is 5.80 Å². The highest BCUT2D eigenvalue weighted by Gasteiger charge is 2.19. The molecule has 0 spiro atoms. The first-order valence-electron chi connectivity index (χ1n) is 4.55. The molecule has 1 rings (SSSR count). The second kappa shape index (κ2) is 4.09. The van der Waals surface area contributed by atoms with E-state index in [9.17, 15) is 4.79 Å². The lowest BCUT2D eigenvalue weighted by molar-refractivity contribution is 0.153. The molecule has 0 N–H and O–H groups in total. The smallest absolute Gasteiger partial charge is 0.438 e. The zero-order valence-corrected chi connectivity index (χ0v) is 9.84. The van der Waals surface area contributed by atoms with Crippen molar-refractivity contribution in [3.05, 3.63) is 11.5 Å². The molecular formula is C9H15N2O2P. The Kier molecular flexibility index (Phi) is 3.27. The molecule has 0 aliphatic rings. The topological polar surface area (TPSA) is 44.1 Å². The van der Waals surface area contributed by atoms with Gasteiger partial charge in [-0.1, -0.05) is 20.8 Å². The molecule has 1 aromatic heterocycles. The predicted molar refractivity (Wildman–Crippen MR) is 55.9 cm³/mol. The van der Waals surface area contributed by atoms with Gasteiger partial charge >= 0.3 is 6.09 Å². The van der Waals surface area contributed by atoms with E-state index in [-0.39, 0.29) is 11.5 Å². The monoisotopic (exact) mass is 214 g/mol. The fraction of sp³-hybridized carbons (Fsp3) is 0.667. The Hall–Kier alpha value is -0.890. The minimum absolute atomic E-state index is 0.0196. The van der Waals surface area contributed by atoms with Crippen LogP contribution in [-0.4, -0.2) is 22.2 Å². The van der Waals surface area contributed by atoms with Crippen LogP contribution in [0.15, 0.2) is 5.80 Å². The van der Waals surface area contributed by atoms with Crippen molar-refractivity contribution in [1.29, 1.82) is 0 Å². The zero-order valence-electron chi connectivity index (χ0n) is 8.94. The van der Waals surface area contributed by atoms with E-state index in [4.69, 9.17) is 4.74 Å². The van der Waals surface area contributed by atoms with Gasteiger partial charge in [0, 0.05) is 19.6 Å². The Morgan fingerprint density at radius 3 is 2.71 bits per heavy atom. The largest absolute Gasteiger partial charge is 0.448 e. The van der Waals surface area contributed by atoms with Crippen molar-refractivity contribution < 1.29 is 9.53 Å². The maximum atomic E-state index is 11.3. The number of ether oxygens (including phenoxy) is 1. The zero-order chi connectivity index (χ0) is 10.8. The third-order valence-electron chi connectivity index (χ3n) is 1.69. The molecule has 1 aromatic rings. The molecule has 0 fully saturated rings. The van der Waals surface area contributed by atoms with Gasteiger partial charge in [-0.05, 0) is 6.92 Å². The molecule has 78 valence electrons. The van der Waals surface area contributed by atoms with E-state index in [0.29, 0.717) is 6.61 Å². The van der Waals surface area contributed by atoms with Gasteiger partial charge in [0.25, 0.3) is 0 Å². The second-order valence-electron chi connectivity index (χ2n) is 3.97. The number of aromatic nitrogens is 2. The van der Waals surface area contributed by atoms with Crippen molar-refractivity contribution in [2.75, 3.05) is 6.61 Å². The van der Waals surface area contributed by atoms with Crippen molar-refractivity contribution in [2.45, 2.75) is 33.1 Å². The van der Waals surface area contributed by atoms with Gasteiger partial charge in [-0.25, -0.2) is 4.79 Å². The Labute approximate surface area is 85.4 Å². The molecule has 0 saturated carbocycles. The van der Waals surface area contributed by atoms with E-state index in [0.717, 1.165) is 14.0 Å². The molecular weight excluding hydrogens is 199 g/mol. The van der Waals surface area contributed by atoms with Crippen molar-refractivity contribution >= 4 is 14.4 Å². The highest BCUT2D eigenvalue weighted by atomic mass is 31.0. The van der Waals surface area contributed by atoms with Crippen LogP contribution < -0.4 is 0 Å². The summed E-state index contributed by atoms with van der Waals surface area (Å²) in [5.41, 5.74) is 0.904. The number of carbonyl (C=O) groups excluding carboxylic acids is 1. The van der Waals surface area contributed by atoms with Crippen LogP contribution in [-0.2, 0) is 10.2 Å². The number of hydrogen-bond acceptors (Lipinski definition) is 3. The molecule has 0 aliphatic heterocycles. The van der Waals surface area contributed by atoms with Gasteiger partial charge in [0.2, 0.25) is 0 Å². The lowest BCUT2D eigenvalue weighted by Gasteiger charge is -2.13. The summed E-state index contributed by atoms with van der Waals surface area (Å²) in [5, 5.41) is 4.19. The lowest BCUT2D eigenvalue weighted by atomic mass is 9.94. The normalized spacial score (nSPS) is 12.0. The minimum atomic E-state index is -0.385. The van der Waals surface area contributed by atoms with Crippen molar-refractivity contribution in [3.8, 4) is 0 Å². The van der Waals surface area contributed by atoms with Gasteiger partial charge in [-0.2, -0.15) is 5.10 Å². The van der Waals surface area contributed by atoms with Gasteiger partial charge in [0.15, 0.2) is 0 Å². The molecule has 0 saturated heterocycles. The number of hydrogen-bond donors (Lipinski definition) is 0. The maximum Gasteiger partial charge on any atom is 0.438 e. The molecule has 0 atom stereocenters. The molecule has 0 aromatic carbocycles. The second-order valence-corrected chi connectivity index (χ2v) is 4.84. The van der Waals surface area contributed by atoms with Crippen LogP contribution in [0.1, 0.15) is 33.4 Å². The van der Waals surface area contributed by atoms with E-state index in [2.05, 4.69) is 25.9 Å². The molecule has 0 unspecified atom stereocenters. The van der Waals surface area contributed by atoms with Crippen LogP contribution in [0.5, 0.6) is 0 Å². The van der Waals surface area contributed by atoms with Crippen molar-refractivity contribution in [2.24, 2.45) is 0 Å². The van der Waals surface area contributed by atoms with Crippen LogP contribution >= 0.6 is 8.35 Å². The molecule has 14 heavy (non-hydrogen) atoms. The minimum Gasteiger partial charge on any atom is -0.448 e. The highest BCUT2D eigenvalue weighted by Crippen LogP contribution is 2.23. The van der Waals surface area contributed by atoms with Crippen LogP contribution in [0.4, 0.5) is 4.79 Å². The fourth-order valence-corrected chi connectivity index (χ4v) is 1.83. The molecule has 5 heteroatoms. The van der Waals surface area contributed by atoms with Crippen LogP contribution in [0.25, 0.3) is 0 Å². The summed E-state index contributed by atoms with van der Waals surface area (Å²) in [7, 11) is 0.765. The van der Waals surface area contributed by atoms with Gasteiger partial charge in [0.1, 0.15) is 0 Å². The van der Waals surface area contributed by atoms with Gasteiger partial charge in [0.05, 0.1) is 12.3 Å². The Morgan fingerprint density at radius 2 is 2.29 bits per heavy atom. The van der Waals surface area contributed by atoms with E-state index in [1.54, 1.807) is 6.92 Å². The van der Waals surface area contributed by atoms with Gasteiger partial charge < -0.3 is 4.74 Å².